The van der Waals surface area contributed by atoms with Crippen LogP contribution in [0.5, 0.6) is 0 Å². The van der Waals surface area contributed by atoms with Crippen LogP contribution in [-0.2, 0) is 30.5 Å². The van der Waals surface area contributed by atoms with Gasteiger partial charge in [0.05, 0.1) is 35.7 Å². The van der Waals surface area contributed by atoms with Gasteiger partial charge in [0.2, 0.25) is 0 Å². The van der Waals surface area contributed by atoms with Gasteiger partial charge in [-0.2, -0.15) is 0 Å². The van der Waals surface area contributed by atoms with Crippen LogP contribution in [0.3, 0.4) is 0 Å². The zero-order valence-corrected chi connectivity index (χ0v) is 25.3. The van der Waals surface area contributed by atoms with E-state index in [0.717, 1.165) is 17.7 Å². The molecule has 0 bridgehead atoms. The van der Waals surface area contributed by atoms with Gasteiger partial charge in [0.1, 0.15) is 5.82 Å². The van der Waals surface area contributed by atoms with Crippen molar-refractivity contribution >= 4 is 29.1 Å². The summed E-state index contributed by atoms with van der Waals surface area (Å²) in [5.74, 6) is -4.46. The molecule has 3 N–H and O–H groups in total. The molecule has 2 heterocycles. The highest BCUT2D eigenvalue weighted by Crippen LogP contribution is 2.37. The monoisotopic (exact) mass is 623 g/mol. The number of aromatic nitrogens is 1. The van der Waals surface area contributed by atoms with Crippen LogP contribution < -0.4 is 11.1 Å². The average Bonchev–Trinajstić information content (AvgIpc) is 3.45. The number of aryl methyl sites for hydroxylation is 2. The number of nitrogens with zero attached hydrogens (tertiary/aromatic N) is 1. The predicted octanol–water partition coefficient (Wildman–Crippen LogP) is 6.42. The van der Waals surface area contributed by atoms with E-state index in [2.05, 4.69) is 5.32 Å². The van der Waals surface area contributed by atoms with E-state index in [4.69, 9.17) is 15.5 Å². The summed E-state index contributed by atoms with van der Waals surface area (Å²) in [6, 6.07) is 12.4. The minimum Gasteiger partial charge on any atom is -0.462 e. The van der Waals surface area contributed by atoms with Gasteiger partial charge in [0.15, 0.2) is 11.6 Å². The quantitative estimate of drug-likeness (QED) is 0.177. The Morgan fingerprint density at radius 2 is 1.66 bits per heavy atom. The first-order valence-corrected chi connectivity index (χ1v) is 14.9. The molecule has 0 unspecified atom stereocenters. The van der Waals surface area contributed by atoms with Crippen LogP contribution in [0.25, 0.3) is 10.4 Å². The van der Waals surface area contributed by atoms with Crippen LogP contribution in [-0.4, -0.2) is 29.4 Å². The standard InChI is InChI=1S/C33H32F3N3O4S/c1-4-43-33(42)29-25(13-7-19-5-9-21(34)10-6-19)39-26(15-18(2)3)28(31(37)40)30(29)27-14-11-22(44-27)17-38-32(41)20-8-12-23(35)24(36)16-20/h5-6,8-12,14,16,18H,4,7,13,15,17H2,1-3H3,(H2,37,40)(H,38,41). The van der Waals surface area contributed by atoms with Gasteiger partial charge >= 0.3 is 5.97 Å². The normalized spacial score (nSPS) is 11.1. The van der Waals surface area contributed by atoms with E-state index < -0.39 is 29.4 Å². The van der Waals surface area contributed by atoms with Gasteiger partial charge in [0, 0.05) is 20.9 Å². The van der Waals surface area contributed by atoms with Crippen LogP contribution in [0.2, 0.25) is 0 Å². The van der Waals surface area contributed by atoms with Crippen molar-refractivity contribution in [3.05, 3.63) is 111 Å². The summed E-state index contributed by atoms with van der Waals surface area (Å²) in [4.78, 5) is 45.0. The SMILES string of the molecule is CCOC(=O)c1c(CCc2ccc(F)cc2)nc(CC(C)C)c(C(N)=O)c1-c1ccc(CNC(=O)c2ccc(F)c(F)c2)s1. The van der Waals surface area contributed by atoms with Crippen LogP contribution in [0.15, 0.2) is 54.6 Å². The molecule has 0 saturated carbocycles. The maximum atomic E-state index is 13.6. The number of carbonyl (C=O) groups excluding carboxylic acids is 3. The zero-order valence-electron chi connectivity index (χ0n) is 24.5. The van der Waals surface area contributed by atoms with Crippen molar-refractivity contribution in [2.75, 3.05) is 6.61 Å². The molecular formula is C33H32F3N3O4S. The Morgan fingerprint density at radius 1 is 0.932 bits per heavy atom. The zero-order chi connectivity index (χ0) is 32.0. The summed E-state index contributed by atoms with van der Waals surface area (Å²) >= 11 is 1.23. The summed E-state index contributed by atoms with van der Waals surface area (Å²) in [5.41, 5.74) is 8.13. The lowest BCUT2D eigenvalue weighted by molar-refractivity contribution is 0.0525. The van der Waals surface area contributed by atoms with E-state index in [1.165, 1.54) is 29.5 Å². The van der Waals surface area contributed by atoms with Crippen molar-refractivity contribution < 1.29 is 32.3 Å². The predicted molar refractivity (Wildman–Crippen MR) is 162 cm³/mol. The average molecular weight is 624 g/mol. The molecular weight excluding hydrogens is 591 g/mol. The molecule has 2 aromatic carbocycles. The van der Waals surface area contributed by atoms with E-state index in [1.807, 2.05) is 13.8 Å². The van der Waals surface area contributed by atoms with Crippen molar-refractivity contribution in [3.8, 4) is 10.4 Å². The third-order valence-corrected chi connectivity index (χ3v) is 7.85. The maximum absolute atomic E-state index is 13.6. The van der Waals surface area contributed by atoms with Crippen molar-refractivity contribution in [2.45, 2.75) is 46.6 Å². The highest BCUT2D eigenvalue weighted by molar-refractivity contribution is 7.15. The van der Waals surface area contributed by atoms with Gasteiger partial charge in [-0.15, -0.1) is 11.3 Å². The fraction of sp³-hybridized carbons (Fsp3) is 0.273. The molecule has 4 rings (SSSR count). The largest absolute Gasteiger partial charge is 0.462 e. The van der Waals surface area contributed by atoms with E-state index in [-0.39, 0.29) is 41.6 Å². The number of carbonyl (C=O) groups is 3. The first kappa shape index (κ1) is 32.4. The number of amides is 2. The summed E-state index contributed by atoms with van der Waals surface area (Å²) < 4.78 is 45.8. The minimum atomic E-state index is -1.13. The third kappa shape index (κ3) is 7.71. The van der Waals surface area contributed by atoms with Gasteiger partial charge < -0.3 is 15.8 Å². The van der Waals surface area contributed by atoms with Crippen molar-refractivity contribution in [3.63, 3.8) is 0 Å². The molecule has 0 radical (unpaired) electrons. The van der Waals surface area contributed by atoms with Crippen LogP contribution >= 0.6 is 11.3 Å². The maximum Gasteiger partial charge on any atom is 0.340 e. The number of hydrogen-bond acceptors (Lipinski definition) is 6. The first-order chi connectivity index (χ1) is 21.0. The number of thiophene rings is 1. The Balaban J connectivity index is 1.77. The van der Waals surface area contributed by atoms with Crippen molar-refractivity contribution in [2.24, 2.45) is 11.7 Å². The molecule has 11 heteroatoms. The second-order valence-corrected chi connectivity index (χ2v) is 11.7. The number of hydrogen-bond donors (Lipinski definition) is 2. The Bertz CT molecular complexity index is 1690. The molecule has 0 aliphatic carbocycles. The second kappa shape index (κ2) is 14.3. The van der Waals surface area contributed by atoms with Gasteiger partial charge in [-0.25, -0.2) is 18.0 Å². The summed E-state index contributed by atoms with van der Waals surface area (Å²) in [6.07, 6.45) is 1.17. The third-order valence-electron chi connectivity index (χ3n) is 6.75. The molecule has 2 aromatic heterocycles. The van der Waals surface area contributed by atoms with Gasteiger partial charge in [-0.05, 0) is 80.1 Å². The van der Waals surface area contributed by atoms with E-state index in [9.17, 15) is 27.6 Å². The molecule has 44 heavy (non-hydrogen) atoms. The molecule has 4 aromatic rings. The molecule has 7 nitrogen and oxygen atoms in total. The van der Waals surface area contributed by atoms with Gasteiger partial charge in [0.25, 0.3) is 11.8 Å². The summed E-state index contributed by atoms with van der Waals surface area (Å²) in [7, 11) is 0. The van der Waals surface area contributed by atoms with Crippen LogP contribution in [0, 0.1) is 23.4 Å². The van der Waals surface area contributed by atoms with Crippen LogP contribution in [0.1, 0.15) is 73.7 Å². The highest BCUT2D eigenvalue weighted by Gasteiger charge is 2.29. The minimum absolute atomic E-state index is 0.0421. The number of nitrogens with one attached hydrogen (secondary N) is 1. The summed E-state index contributed by atoms with van der Waals surface area (Å²) in [5, 5.41) is 2.67. The lowest BCUT2D eigenvalue weighted by Gasteiger charge is -2.20. The second-order valence-electron chi connectivity index (χ2n) is 10.5. The number of esters is 1. The molecule has 2 amide bonds. The molecule has 0 aliphatic rings. The fourth-order valence-electron chi connectivity index (χ4n) is 4.77. The molecule has 0 aliphatic heterocycles. The molecule has 230 valence electrons. The van der Waals surface area contributed by atoms with Crippen molar-refractivity contribution in [1.82, 2.24) is 10.3 Å². The summed E-state index contributed by atoms with van der Waals surface area (Å²) in [6.45, 7) is 5.75. The molecule has 0 saturated heterocycles. The number of ether oxygens (including phenoxy) is 1. The molecule has 0 spiro atoms. The highest BCUT2D eigenvalue weighted by atomic mass is 32.1. The van der Waals surface area contributed by atoms with E-state index in [0.29, 0.717) is 46.0 Å². The van der Waals surface area contributed by atoms with Crippen LogP contribution in [0.4, 0.5) is 13.2 Å². The number of nitrogens with two attached hydrogens (primary N) is 1. The molecule has 0 fully saturated rings. The lowest BCUT2D eigenvalue weighted by Crippen LogP contribution is -2.23. The first-order valence-electron chi connectivity index (χ1n) is 14.1. The number of benzene rings is 2. The van der Waals surface area contributed by atoms with Crippen molar-refractivity contribution in [1.29, 1.82) is 0 Å². The smallest absolute Gasteiger partial charge is 0.340 e. The number of halogens is 3. The van der Waals surface area contributed by atoms with E-state index >= 15 is 0 Å². The Labute approximate surface area is 257 Å². The van der Waals surface area contributed by atoms with E-state index in [1.54, 1.807) is 31.2 Å². The topological polar surface area (TPSA) is 111 Å². The Hall–Kier alpha value is -4.51. The molecule has 0 atom stereocenters. The fourth-order valence-corrected chi connectivity index (χ4v) is 5.77. The van der Waals surface area contributed by atoms with Gasteiger partial charge in [-0.3, -0.25) is 14.6 Å². The Kier molecular flexibility index (Phi) is 10.5. The van der Waals surface area contributed by atoms with Gasteiger partial charge in [-0.1, -0.05) is 26.0 Å². The number of pyridine rings is 1. The number of rotatable bonds is 12. The Morgan fingerprint density at radius 3 is 2.30 bits per heavy atom. The lowest BCUT2D eigenvalue weighted by atomic mass is 9.91. The number of primary amides is 1.